The molecule has 3 heterocycles. The van der Waals surface area contributed by atoms with E-state index in [2.05, 4.69) is 15.4 Å². The van der Waals surface area contributed by atoms with Gasteiger partial charge in [0.25, 0.3) is 0 Å². The van der Waals surface area contributed by atoms with Gasteiger partial charge in [-0.1, -0.05) is 0 Å². The van der Waals surface area contributed by atoms with Gasteiger partial charge in [0.2, 0.25) is 11.8 Å². The zero-order chi connectivity index (χ0) is 19.0. The number of imidazole rings is 1. The van der Waals surface area contributed by atoms with E-state index in [1.54, 1.807) is 16.9 Å². The number of hydrogen-bond donors (Lipinski definition) is 2. The highest BCUT2D eigenvalue weighted by atomic mass is 19.3. The van der Waals surface area contributed by atoms with Gasteiger partial charge in [-0.05, 0) is 49.7 Å². The molecule has 1 amide bonds. The second-order valence-electron chi connectivity index (χ2n) is 7.89. The van der Waals surface area contributed by atoms with Crippen molar-refractivity contribution in [2.75, 3.05) is 6.54 Å². The molecule has 3 N–H and O–H groups in total. The zero-order valence-electron chi connectivity index (χ0n) is 15.2. The van der Waals surface area contributed by atoms with Gasteiger partial charge in [0.15, 0.2) is 5.65 Å². The SMILES string of the molecule is N[C@H](c1cn2ncc(CC3CCCNC3=O)cc2n1)C1CCC(F)(F)CC1. The summed E-state index contributed by atoms with van der Waals surface area (Å²) in [6, 6.07) is 1.57. The summed E-state index contributed by atoms with van der Waals surface area (Å²) in [5, 5.41) is 7.29. The minimum absolute atomic E-state index is 0.0138. The van der Waals surface area contributed by atoms with E-state index in [1.165, 1.54) is 0 Å². The normalized spacial score (nSPS) is 24.7. The molecule has 2 aromatic rings. The highest BCUT2D eigenvalue weighted by Crippen LogP contribution is 2.40. The lowest BCUT2D eigenvalue weighted by Crippen LogP contribution is -2.37. The maximum Gasteiger partial charge on any atom is 0.248 e. The summed E-state index contributed by atoms with van der Waals surface area (Å²) in [5.41, 5.74) is 8.65. The first-order chi connectivity index (χ1) is 12.9. The third-order valence-corrected chi connectivity index (χ3v) is 5.89. The standard InChI is InChI=1S/C19H25F2N5O/c20-19(21)5-3-13(4-6-19)17(22)15-11-26-16(25-15)9-12(10-24-26)8-14-2-1-7-23-18(14)27/h9-11,13-14,17H,1-8,22H2,(H,23,27)/t14?,17-/m0/s1. The highest BCUT2D eigenvalue weighted by molar-refractivity contribution is 5.79. The number of halogens is 2. The Labute approximate surface area is 156 Å². The van der Waals surface area contributed by atoms with E-state index in [0.29, 0.717) is 30.6 Å². The number of piperidine rings is 1. The quantitative estimate of drug-likeness (QED) is 0.858. The van der Waals surface area contributed by atoms with Crippen LogP contribution in [-0.4, -0.2) is 33.0 Å². The summed E-state index contributed by atoms with van der Waals surface area (Å²) in [4.78, 5) is 16.5. The molecule has 1 unspecified atom stereocenters. The van der Waals surface area contributed by atoms with Gasteiger partial charge in [0.05, 0.1) is 24.1 Å². The van der Waals surface area contributed by atoms with Gasteiger partial charge in [-0.25, -0.2) is 18.3 Å². The number of carbonyl (C=O) groups excluding carboxylic acids is 1. The average Bonchev–Trinajstić information content (AvgIpc) is 3.06. The molecule has 2 aromatic heterocycles. The summed E-state index contributed by atoms with van der Waals surface area (Å²) >= 11 is 0. The lowest BCUT2D eigenvalue weighted by Gasteiger charge is -2.31. The molecule has 1 aliphatic heterocycles. The minimum atomic E-state index is -2.56. The number of amides is 1. The number of rotatable bonds is 4. The predicted octanol–water partition coefficient (Wildman–Crippen LogP) is 2.62. The number of alkyl halides is 2. The van der Waals surface area contributed by atoms with Crippen molar-refractivity contribution in [3.8, 4) is 0 Å². The lowest BCUT2D eigenvalue weighted by molar-refractivity contribution is -0.126. The van der Waals surface area contributed by atoms with Crippen LogP contribution in [0.4, 0.5) is 8.78 Å². The zero-order valence-corrected chi connectivity index (χ0v) is 15.2. The Balaban J connectivity index is 1.48. The fourth-order valence-corrected chi connectivity index (χ4v) is 4.18. The molecule has 2 fully saturated rings. The van der Waals surface area contributed by atoms with Gasteiger partial charge in [0.1, 0.15) is 0 Å². The molecule has 0 bridgehead atoms. The number of carbonyl (C=O) groups is 1. The summed E-state index contributed by atoms with van der Waals surface area (Å²) in [5.74, 6) is -2.47. The first kappa shape index (κ1) is 18.3. The average molecular weight is 377 g/mol. The van der Waals surface area contributed by atoms with Crippen molar-refractivity contribution >= 4 is 11.6 Å². The number of hydrogen-bond acceptors (Lipinski definition) is 4. The van der Waals surface area contributed by atoms with Gasteiger partial charge < -0.3 is 11.1 Å². The van der Waals surface area contributed by atoms with Gasteiger partial charge >= 0.3 is 0 Å². The van der Waals surface area contributed by atoms with Crippen molar-refractivity contribution in [1.29, 1.82) is 0 Å². The summed E-state index contributed by atoms with van der Waals surface area (Å²) in [6.07, 6.45) is 6.67. The topological polar surface area (TPSA) is 85.3 Å². The van der Waals surface area contributed by atoms with Gasteiger partial charge in [-0.3, -0.25) is 4.79 Å². The second kappa shape index (κ2) is 7.14. The Morgan fingerprint density at radius 1 is 1.33 bits per heavy atom. The molecule has 2 aliphatic rings. The molecule has 6 nitrogen and oxygen atoms in total. The molecular formula is C19H25F2N5O. The largest absolute Gasteiger partial charge is 0.356 e. The first-order valence-corrected chi connectivity index (χ1v) is 9.67. The smallest absolute Gasteiger partial charge is 0.248 e. The van der Waals surface area contributed by atoms with Crippen molar-refractivity contribution in [2.24, 2.45) is 17.6 Å². The number of fused-ring (bicyclic) bond motifs is 1. The van der Waals surface area contributed by atoms with Crippen LogP contribution < -0.4 is 11.1 Å². The molecular weight excluding hydrogens is 352 g/mol. The summed E-state index contributed by atoms with van der Waals surface area (Å²) < 4.78 is 28.4. The van der Waals surface area contributed by atoms with Crippen molar-refractivity contribution in [1.82, 2.24) is 19.9 Å². The van der Waals surface area contributed by atoms with E-state index in [1.807, 2.05) is 6.07 Å². The lowest BCUT2D eigenvalue weighted by atomic mass is 9.81. The van der Waals surface area contributed by atoms with Crippen LogP contribution in [0.2, 0.25) is 0 Å². The molecule has 27 heavy (non-hydrogen) atoms. The van der Waals surface area contributed by atoms with Crippen LogP contribution in [0.25, 0.3) is 5.65 Å². The Bertz CT molecular complexity index is 827. The Morgan fingerprint density at radius 3 is 2.85 bits per heavy atom. The van der Waals surface area contributed by atoms with Crippen LogP contribution in [0.15, 0.2) is 18.5 Å². The molecule has 2 atom stereocenters. The van der Waals surface area contributed by atoms with Crippen molar-refractivity contribution in [3.63, 3.8) is 0 Å². The summed E-state index contributed by atoms with van der Waals surface area (Å²) in [7, 11) is 0. The molecule has 0 aromatic carbocycles. The second-order valence-corrected chi connectivity index (χ2v) is 7.89. The van der Waals surface area contributed by atoms with E-state index in [0.717, 1.165) is 24.9 Å². The van der Waals surface area contributed by atoms with E-state index in [9.17, 15) is 13.6 Å². The molecule has 1 saturated heterocycles. The van der Waals surface area contributed by atoms with E-state index in [-0.39, 0.29) is 36.6 Å². The Morgan fingerprint density at radius 2 is 2.11 bits per heavy atom. The van der Waals surface area contributed by atoms with Crippen LogP contribution in [0, 0.1) is 11.8 Å². The molecule has 8 heteroatoms. The fourth-order valence-electron chi connectivity index (χ4n) is 4.18. The van der Waals surface area contributed by atoms with Crippen LogP contribution >= 0.6 is 0 Å². The molecule has 1 aliphatic carbocycles. The van der Waals surface area contributed by atoms with Crippen LogP contribution in [0.1, 0.15) is 55.8 Å². The number of nitrogens with zero attached hydrogens (tertiary/aromatic N) is 3. The number of aromatic nitrogens is 3. The van der Waals surface area contributed by atoms with E-state index in [4.69, 9.17) is 5.73 Å². The number of nitrogens with one attached hydrogen (secondary N) is 1. The third-order valence-electron chi connectivity index (χ3n) is 5.89. The van der Waals surface area contributed by atoms with Crippen molar-refractivity contribution < 1.29 is 13.6 Å². The minimum Gasteiger partial charge on any atom is -0.356 e. The maximum absolute atomic E-state index is 13.4. The van der Waals surface area contributed by atoms with E-state index >= 15 is 0 Å². The van der Waals surface area contributed by atoms with Crippen LogP contribution in [-0.2, 0) is 11.2 Å². The van der Waals surface area contributed by atoms with Crippen molar-refractivity contribution in [3.05, 3.63) is 29.7 Å². The Kier molecular flexibility index (Phi) is 4.84. The monoisotopic (exact) mass is 377 g/mol. The molecule has 1 saturated carbocycles. The summed E-state index contributed by atoms with van der Waals surface area (Å²) in [6.45, 7) is 0.751. The van der Waals surface area contributed by atoms with Gasteiger partial charge in [-0.2, -0.15) is 5.10 Å². The third kappa shape index (κ3) is 3.95. The Hall–Kier alpha value is -2.09. The molecule has 0 radical (unpaired) electrons. The van der Waals surface area contributed by atoms with Gasteiger partial charge in [-0.15, -0.1) is 0 Å². The van der Waals surface area contributed by atoms with Crippen LogP contribution in [0.5, 0.6) is 0 Å². The van der Waals surface area contributed by atoms with Crippen molar-refractivity contribution in [2.45, 2.75) is 56.9 Å². The first-order valence-electron chi connectivity index (χ1n) is 9.67. The van der Waals surface area contributed by atoms with Gasteiger partial charge in [0, 0.05) is 25.3 Å². The number of nitrogens with two attached hydrogens (primary N) is 1. The maximum atomic E-state index is 13.4. The molecule has 0 spiro atoms. The fraction of sp³-hybridized carbons (Fsp3) is 0.632. The van der Waals surface area contributed by atoms with E-state index < -0.39 is 5.92 Å². The molecule has 4 rings (SSSR count). The molecule has 146 valence electrons. The van der Waals surface area contributed by atoms with Crippen LogP contribution in [0.3, 0.4) is 0 Å². The predicted molar refractivity (Wildman–Crippen MR) is 96.3 cm³/mol. The highest BCUT2D eigenvalue weighted by Gasteiger charge is 2.37.